The van der Waals surface area contributed by atoms with Crippen molar-refractivity contribution in [1.82, 2.24) is 0 Å². The van der Waals surface area contributed by atoms with Gasteiger partial charge in [0.05, 0.1) is 11.6 Å². The van der Waals surface area contributed by atoms with E-state index < -0.39 is 0 Å². The number of nitrogens with two attached hydrogens (primary N) is 1. The molecule has 1 rings (SSSR count). The van der Waals surface area contributed by atoms with E-state index in [1.165, 1.54) is 5.56 Å². The second kappa shape index (κ2) is 4.06. The maximum Gasteiger partial charge on any atom is 0.0997 e. The Balaban J connectivity index is 3.14. The molecule has 0 unspecified atom stereocenters. The number of nitrogens with zero attached hydrogens (tertiary/aromatic N) is 1. The van der Waals surface area contributed by atoms with Gasteiger partial charge < -0.3 is 5.73 Å². The predicted molar refractivity (Wildman–Crippen MR) is 53.4 cm³/mol. The maximum atomic E-state index is 8.85. The summed E-state index contributed by atoms with van der Waals surface area (Å²) in [6.45, 7) is 4.59. The van der Waals surface area contributed by atoms with E-state index in [0.717, 1.165) is 23.1 Å². The van der Waals surface area contributed by atoms with Crippen molar-refractivity contribution in [2.24, 2.45) is 5.73 Å². The van der Waals surface area contributed by atoms with Gasteiger partial charge in [-0.15, -0.1) is 0 Å². The Bertz CT molecular complexity index is 325. The first kappa shape index (κ1) is 9.76. The summed E-state index contributed by atoms with van der Waals surface area (Å²) in [4.78, 5) is 0. The summed E-state index contributed by atoms with van der Waals surface area (Å²) in [5.74, 6) is 0. The first-order valence-electron chi connectivity index (χ1n) is 4.39. The summed E-state index contributed by atoms with van der Waals surface area (Å²) < 4.78 is 0. The van der Waals surface area contributed by atoms with Crippen LogP contribution in [0.4, 0.5) is 0 Å². The molecule has 0 aromatic heterocycles. The number of hydrogen-bond donors (Lipinski definition) is 1. The van der Waals surface area contributed by atoms with Crippen molar-refractivity contribution >= 4 is 0 Å². The third-order valence-electron chi connectivity index (χ3n) is 2.14. The highest BCUT2D eigenvalue weighted by Gasteiger charge is 2.03. The van der Waals surface area contributed by atoms with Gasteiger partial charge in [0.25, 0.3) is 0 Å². The summed E-state index contributed by atoms with van der Waals surface area (Å²) in [7, 11) is 0. The van der Waals surface area contributed by atoms with Gasteiger partial charge in [0.1, 0.15) is 0 Å². The van der Waals surface area contributed by atoms with Crippen molar-refractivity contribution in [3.05, 3.63) is 34.4 Å². The van der Waals surface area contributed by atoms with Crippen molar-refractivity contribution in [2.45, 2.75) is 20.3 Å². The normalized spacial score (nSPS) is 9.69. The third-order valence-corrected chi connectivity index (χ3v) is 2.14. The van der Waals surface area contributed by atoms with Crippen molar-refractivity contribution in [3.63, 3.8) is 0 Å². The second-order valence-corrected chi connectivity index (χ2v) is 3.26. The summed E-state index contributed by atoms with van der Waals surface area (Å²) in [6.07, 6.45) is 0.882. The molecule has 2 N–H and O–H groups in total. The molecule has 2 heteroatoms. The number of benzene rings is 1. The van der Waals surface area contributed by atoms with E-state index in [2.05, 4.69) is 6.07 Å². The molecule has 1 aromatic carbocycles. The monoisotopic (exact) mass is 174 g/mol. The molecule has 0 bridgehead atoms. The van der Waals surface area contributed by atoms with Gasteiger partial charge in [-0.3, -0.25) is 0 Å². The fourth-order valence-electron chi connectivity index (χ4n) is 1.54. The molecular formula is C11H14N2. The molecular weight excluding hydrogens is 160 g/mol. The zero-order valence-corrected chi connectivity index (χ0v) is 8.09. The Morgan fingerprint density at radius 1 is 1.31 bits per heavy atom. The second-order valence-electron chi connectivity index (χ2n) is 3.26. The minimum absolute atomic E-state index is 0.658. The summed E-state index contributed by atoms with van der Waals surface area (Å²) in [6, 6.07) is 6.28. The highest BCUT2D eigenvalue weighted by molar-refractivity contribution is 5.45. The van der Waals surface area contributed by atoms with E-state index >= 15 is 0 Å². The van der Waals surface area contributed by atoms with Gasteiger partial charge in [0.2, 0.25) is 0 Å². The highest BCUT2D eigenvalue weighted by Crippen LogP contribution is 2.15. The van der Waals surface area contributed by atoms with Crippen LogP contribution in [0.15, 0.2) is 12.1 Å². The van der Waals surface area contributed by atoms with Gasteiger partial charge in [-0.2, -0.15) is 5.26 Å². The van der Waals surface area contributed by atoms with Crippen LogP contribution in [0.5, 0.6) is 0 Å². The number of nitriles is 1. The fourth-order valence-corrected chi connectivity index (χ4v) is 1.54. The maximum absolute atomic E-state index is 8.85. The lowest BCUT2D eigenvalue weighted by atomic mass is 9.99. The Morgan fingerprint density at radius 2 is 1.85 bits per heavy atom. The molecule has 0 atom stereocenters. The molecule has 0 spiro atoms. The summed E-state index contributed by atoms with van der Waals surface area (Å²) in [5.41, 5.74) is 9.57. The zero-order chi connectivity index (χ0) is 9.84. The van der Waals surface area contributed by atoms with E-state index in [1.807, 2.05) is 26.0 Å². The predicted octanol–water partition coefficient (Wildman–Crippen LogP) is 1.68. The van der Waals surface area contributed by atoms with E-state index in [0.29, 0.717) is 6.54 Å². The average Bonchev–Trinajstić information content (AvgIpc) is 2.04. The molecule has 2 nitrogen and oxygen atoms in total. The summed E-state index contributed by atoms with van der Waals surface area (Å²) >= 11 is 0. The topological polar surface area (TPSA) is 49.8 Å². The van der Waals surface area contributed by atoms with Gasteiger partial charge in [-0.05, 0) is 43.5 Å². The molecule has 0 heterocycles. The van der Waals surface area contributed by atoms with Gasteiger partial charge in [0.15, 0.2) is 0 Å². The quantitative estimate of drug-likeness (QED) is 0.741. The van der Waals surface area contributed by atoms with Gasteiger partial charge >= 0.3 is 0 Å². The zero-order valence-electron chi connectivity index (χ0n) is 8.09. The molecule has 13 heavy (non-hydrogen) atoms. The molecule has 0 aliphatic heterocycles. The van der Waals surface area contributed by atoms with Crippen molar-refractivity contribution in [1.29, 1.82) is 5.26 Å². The van der Waals surface area contributed by atoms with Gasteiger partial charge in [-0.1, -0.05) is 12.1 Å². The lowest BCUT2D eigenvalue weighted by Gasteiger charge is -2.05. The standard InChI is InChI=1S/C11H14N2/c1-8-5-10(3-4-12)6-9(2)11(8)7-13/h5-6H,3-4,12H2,1-2H3. The number of rotatable bonds is 2. The summed E-state index contributed by atoms with van der Waals surface area (Å²) in [5, 5.41) is 8.85. The van der Waals surface area contributed by atoms with Crippen LogP contribution in [0.25, 0.3) is 0 Å². The SMILES string of the molecule is Cc1cc(CCN)cc(C)c1C#N. The number of hydrogen-bond acceptors (Lipinski definition) is 2. The highest BCUT2D eigenvalue weighted by atomic mass is 14.5. The Labute approximate surface area is 79.0 Å². The minimum atomic E-state index is 0.658. The first-order chi connectivity index (χ1) is 6.19. The first-order valence-corrected chi connectivity index (χ1v) is 4.39. The van der Waals surface area contributed by atoms with E-state index in [-0.39, 0.29) is 0 Å². The van der Waals surface area contributed by atoms with Gasteiger partial charge in [-0.25, -0.2) is 0 Å². The molecule has 0 amide bonds. The van der Waals surface area contributed by atoms with E-state index in [1.54, 1.807) is 0 Å². The Hall–Kier alpha value is -1.33. The van der Waals surface area contributed by atoms with E-state index in [4.69, 9.17) is 11.0 Å². The van der Waals surface area contributed by atoms with Crippen LogP contribution in [-0.2, 0) is 6.42 Å². The van der Waals surface area contributed by atoms with Crippen LogP contribution in [0, 0.1) is 25.2 Å². The molecule has 68 valence electrons. The smallest absolute Gasteiger partial charge is 0.0997 e. The van der Waals surface area contributed by atoms with Crippen LogP contribution >= 0.6 is 0 Å². The van der Waals surface area contributed by atoms with Crippen LogP contribution in [0.3, 0.4) is 0 Å². The average molecular weight is 174 g/mol. The third kappa shape index (κ3) is 2.07. The van der Waals surface area contributed by atoms with Gasteiger partial charge in [0, 0.05) is 0 Å². The van der Waals surface area contributed by atoms with E-state index in [9.17, 15) is 0 Å². The fraction of sp³-hybridized carbons (Fsp3) is 0.364. The molecule has 0 aliphatic carbocycles. The van der Waals surface area contributed by atoms with Crippen LogP contribution in [0.2, 0.25) is 0 Å². The molecule has 0 aliphatic rings. The minimum Gasteiger partial charge on any atom is -0.330 e. The molecule has 0 saturated carbocycles. The molecule has 1 aromatic rings. The lowest BCUT2D eigenvalue weighted by molar-refractivity contribution is 0.963. The van der Waals surface area contributed by atoms with Crippen molar-refractivity contribution < 1.29 is 0 Å². The van der Waals surface area contributed by atoms with Crippen LogP contribution in [0.1, 0.15) is 22.3 Å². The largest absolute Gasteiger partial charge is 0.330 e. The van der Waals surface area contributed by atoms with Crippen molar-refractivity contribution in [2.75, 3.05) is 6.54 Å². The Kier molecular flexibility index (Phi) is 3.05. The molecule has 0 saturated heterocycles. The molecule has 0 fully saturated rings. The van der Waals surface area contributed by atoms with Crippen LogP contribution < -0.4 is 5.73 Å². The lowest BCUT2D eigenvalue weighted by Crippen LogP contribution is -2.03. The number of aryl methyl sites for hydroxylation is 2. The van der Waals surface area contributed by atoms with Crippen LogP contribution in [-0.4, -0.2) is 6.54 Å². The van der Waals surface area contributed by atoms with Crippen molar-refractivity contribution in [3.8, 4) is 6.07 Å². The Morgan fingerprint density at radius 3 is 2.23 bits per heavy atom. The molecule has 0 radical (unpaired) electrons.